The molecule has 0 aliphatic heterocycles. The van der Waals surface area contributed by atoms with E-state index in [9.17, 15) is 13.2 Å². The van der Waals surface area contributed by atoms with Crippen LogP contribution in [-0.2, 0) is 17.1 Å². The van der Waals surface area contributed by atoms with Crippen LogP contribution in [-0.4, -0.2) is 20.5 Å². The molecule has 0 unspecified atom stereocenters. The molecular weight excluding hydrogens is 465 g/mol. The summed E-state index contributed by atoms with van der Waals surface area (Å²) in [6, 6.07) is 12.8. The predicted molar refractivity (Wildman–Crippen MR) is 140 cm³/mol. The fourth-order valence-corrected chi connectivity index (χ4v) is 3.44. The Balaban J connectivity index is 1.93. The number of halogens is 3. The van der Waals surface area contributed by atoms with Crippen molar-refractivity contribution in [3.63, 3.8) is 0 Å². The maximum absolute atomic E-state index is 12.9. The van der Waals surface area contributed by atoms with Gasteiger partial charge in [0, 0.05) is 28.0 Å². The first-order chi connectivity index (χ1) is 16.4. The molecule has 0 aliphatic carbocycles. The van der Waals surface area contributed by atoms with Crippen LogP contribution in [0.1, 0.15) is 72.6 Å². The van der Waals surface area contributed by atoms with Crippen LogP contribution in [0.4, 0.5) is 36.2 Å². The van der Waals surface area contributed by atoms with Gasteiger partial charge in [0.25, 0.3) is 0 Å². The summed E-state index contributed by atoms with van der Waals surface area (Å²) in [7, 11) is 0. The summed E-state index contributed by atoms with van der Waals surface area (Å²) in [4.78, 5) is 14.1. The predicted octanol–water partition coefficient (Wildman–Crippen LogP) is 7.49. The third kappa shape index (κ3) is 7.32. The molecule has 0 bridgehead atoms. The van der Waals surface area contributed by atoms with Crippen LogP contribution >= 0.6 is 0 Å². The molecule has 0 saturated heterocycles. The molecule has 36 heavy (non-hydrogen) atoms. The van der Waals surface area contributed by atoms with Crippen molar-refractivity contribution in [3.05, 3.63) is 65.7 Å². The van der Waals surface area contributed by atoms with Crippen LogP contribution < -0.4 is 16.0 Å². The van der Waals surface area contributed by atoms with E-state index < -0.39 is 17.3 Å². The Kier molecular flexibility index (Phi) is 7.26. The van der Waals surface area contributed by atoms with Gasteiger partial charge in [0.15, 0.2) is 5.82 Å². The average molecular weight is 501 g/mol. The first-order valence-corrected chi connectivity index (χ1v) is 11.8. The Bertz CT molecular complexity index is 1190. The Morgan fingerprint density at radius 1 is 0.639 bits per heavy atom. The lowest BCUT2D eigenvalue weighted by molar-refractivity contribution is -0.137. The Labute approximate surface area is 211 Å². The third-order valence-corrected chi connectivity index (χ3v) is 5.17. The van der Waals surface area contributed by atoms with Crippen molar-refractivity contribution in [3.8, 4) is 0 Å². The zero-order valence-electron chi connectivity index (χ0n) is 22.1. The molecule has 0 fully saturated rings. The lowest BCUT2D eigenvalue weighted by Gasteiger charge is -2.28. The van der Waals surface area contributed by atoms with Crippen molar-refractivity contribution < 1.29 is 13.2 Å². The van der Waals surface area contributed by atoms with Gasteiger partial charge in [0.1, 0.15) is 5.82 Å². The minimum absolute atomic E-state index is 0.0909. The van der Waals surface area contributed by atoms with Gasteiger partial charge in [-0.15, -0.1) is 0 Å². The summed E-state index contributed by atoms with van der Waals surface area (Å²) in [5, 5.41) is 9.99. The summed E-state index contributed by atoms with van der Waals surface area (Å²) in [5.41, 5.74) is 0.365. The number of benzene rings is 2. The second-order valence-corrected chi connectivity index (χ2v) is 11.5. The highest BCUT2D eigenvalue weighted by Crippen LogP contribution is 2.32. The average Bonchev–Trinajstić information content (AvgIpc) is 2.71. The molecule has 0 saturated carbocycles. The smallest absolute Gasteiger partial charge is 0.380 e. The van der Waals surface area contributed by atoms with Gasteiger partial charge in [0.05, 0.1) is 11.1 Å². The Hall–Kier alpha value is -3.36. The Morgan fingerprint density at radius 2 is 1.22 bits per heavy atom. The first kappa shape index (κ1) is 27.2. The van der Waals surface area contributed by atoms with Gasteiger partial charge in [-0.1, -0.05) is 26.8 Å². The van der Waals surface area contributed by atoms with Gasteiger partial charge < -0.3 is 16.0 Å². The van der Waals surface area contributed by atoms with Crippen molar-refractivity contribution >= 4 is 23.0 Å². The van der Waals surface area contributed by atoms with Gasteiger partial charge in [-0.25, -0.2) is 4.98 Å². The lowest BCUT2D eigenvalue weighted by atomic mass is 9.95. The maximum atomic E-state index is 12.9. The van der Waals surface area contributed by atoms with Crippen molar-refractivity contribution in [2.45, 2.75) is 78.1 Å². The van der Waals surface area contributed by atoms with Crippen molar-refractivity contribution in [2.24, 2.45) is 0 Å². The van der Waals surface area contributed by atoms with Crippen molar-refractivity contribution in [1.82, 2.24) is 15.0 Å². The summed E-state index contributed by atoms with van der Waals surface area (Å²) in [5.74, 6) is 1.45. The minimum Gasteiger partial charge on any atom is -0.380 e. The molecule has 3 rings (SSSR count). The monoisotopic (exact) mass is 500 g/mol. The minimum atomic E-state index is -4.38. The van der Waals surface area contributed by atoms with Gasteiger partial charge >= 0.3 is 6.18 Å². The van der Waals surface area contributed by atoms with E-state index in [1.165, 1.54) is 12.1 Å². The third-order valence-electron chi connectivity index (χ3n) is 5.17. The molecule has 9 heteroatoms. The quantitative estimate of drug-likeness (QED) is 0.326. The van der Waals surface area contributed by atoms with Crippen LogP contribution in [0.25, 0.3) is 0 Å². The molecule has 3 aromatic rings. The lowest BCUT2D eigenvalue weighted by Crippen LogP contribution is -2.32. The van der Waals surface area contributed by atoms with Crippen molar-refractivity contribution in [1.29, 1.82) is 0 Å². The topological polar surface area (TPSA) is 74.8 Å². The first-order valence-electron chi connectivity index (χ1n) is 11.8. The van der Waals surface area contributed by atoms with E-state index in [1.807, 2.05) is 58.9 Å². The fraction of sp³-hybridized carbons (Fsp3) is 0.444. The van der Waals surface area contributed by atoms with E-state index in [1.54, 1.807) is 0 Å². The van der Waals surface area contributed by atoms with E-state index in [4.69, 9.17) is 4.98 Å². The maximum Gasteiger partial charge on any atom is 0.416 e. The SMILES string of the molecule is CC(C)(C)Nc1cccc(Nc2nc(C(C)(C)C)nc(C(C)(C)Nc3ccc(C(F)(F)F)cc3)n2)c1. The molecular formula is C27H35F3N6. The number of nitrogens with zero attached hydrogens (tertiary/aromatic N) is 3. The van der Waals surface area contributed by atoms with Crippen LogP contribution in [0.2, 0.25) is 0 Å². The highest BCUT2D eigenvalue weighted by molar-refractivity contribution is 5.62. The van der Waals surface area contributed by atoms with Gasteiger partial charge in [-0.3, -0.25) is 0 Å². The number of aromatic nitrogens is 3. The Morgan fingerprint density at radius 3 is 1.78 bits per heavy atom. The summed E-state index contributed by atoms with van der Waals surface area (Å²) >= 11 is 0. The molecule has 194 valence electrons. The normalized spacial score (nSPS) is 12.9. The number of hydrogen-bond donors (Lipinski definition) is 3. The molecule has 0 atom stereocenters. The molecule has 0 aliphatic rings. The molecule has 3 N–H and O–H groups in total. The summed E-state index contributed by atoms with van der Waals surface area (Å²) in [6.07, 6.45) is -4.38. The van der Waals surface area contributed by atoms with Gasteiger partial charge in [-0.2, -0.15) is 23.1 Å². The standard InChI is InChI=1S/C27H35F3N6/c1-24(2,3)21-32-22(26(7,8)36-18-14-12-17(13-15-18)27(28,29)30)34-23(33-21)31-19-10-9-11-20(16-19)35-25(4,5)6/h9-16,35-36H,1-8H3,(H,31,32,33,34). The van der Waals surface area contributed by atoms with Gasteiger partial charge in [-0.05, 0) is 77.1 Å². The summed E-state index contributed by atoms with van der Waals surface area (Å²) in [6.45, 7) is 16.1. The second-order valence-electron chi connectivity index (χ2n) is 11.5. The molecule has 0 spiro atoms. The number of alkyl halides is 3. The van der Waals surface area contributed by atoms with E-state index in [-0.39, 0.29) is 11.0 Å². The van der Waals surface area contributed by atoms with Crippen LogP contribution in [0, 0.1) is 0 Å². The van der Waals surface area contributed by atoms with E-state index in [0.717, 1.165) is 23.5 Å². The molecule has 0 radical (unpaired) electrons. The highest BCUT2D eigenvalue weighted by Gasteiger charge is 2.31. The molecule has 2 aromatic carbocycles. The zero-order chi connectivity index (χ0) is 26.9. The van der Waals surface area contributed by atoms with Crippen LogP contribution in [0.15, 0.2) is 48.5 Å². The molecule has 1 heterocycles. The van der Waals surface area contributed by atoms with Crippen LogP contribution in [0.3, 0.4) is 0 Å². The number of nitrogens with one attached hydrogen (secondary N) is 3. The summed E-state index contributed by atoms with van der Waals surface area (Å²) < 4.78 is 38.8. The van der Waals surface area contributed by atoms with E-state index in [0.29, 0.717) is 23.3 Å². The zero-order valence-corrected chi connectivity index (χ0v) is 22.1. The molecule has 6 nitrogen and oxygen atoms in total. The van der Waals surface area contributed by atoms with E-state index >= 15 is 0 Å². The molecule has 0 amide bonds. The van der Waals surface area contributed by atoms with Crippen LogP contribution in [0.5, 0.6) is 0 Å². The van der Waals surface area contributed by atoms with Gasteiger partial charge in [0.2, 0.25) is 5.95 Å². The molecule has 1 aromatic heterocycles. The number of anilines is 4. The number of rotatable bonds is 6. The second kappa shape index (κ2) is 9.59. The largest absolute Gasteiger partial charge is 0.416 e. The highest BCUT2D eigenvalue weighted by atomic mass is 19.4. The van der Waals surface area contributed by atoms with E-state index in [2.05, 4.69) is 46.7 Å². The number of hydrogen-bond acceptors (Lipinski definition) is 6. The fourth-order valence-electron chi connectivity index (χ4n) is 3.44. The van der Waals surface area contributed by atoms with Crippen molar-refractivity contribution in [2.75, 3.05) is 16.0 Å².